The first-order chi connectivity index (χ1) is 17.5. The Balaban J connectivity index is 1.40. The SMILES string of the molecule is Cc1ccc(C2(COCc3ccccc3)COC(CCc3ccc(Cl)cc3)(Cn3ccnc3)O2)cc1. The van der Waals surface area contributed by atoms with Crippen molar-refractivity contribution in [2.45, 2.75) is 44.3 Å². The summed E-state index contributed by atoms with van der Waals surface area (Å²) in [6, 6.07) is 26.6. The fourth-order valence-corrected chi connectivity index (χ4v) is 4.78. The van der Waals surface area contributed by atoms with Crippen LogP contribution in [0.4, 0.5) is 0 Å². The summed E-state index contributed by atoms with van der Waals surface area (Å²) in [5, 5.41) is 0.731. The highest BCUT2D eigenvalue weighted by Gasteiger charge is 2.51. The van der Waals surface area contributed by atoms with Gasteiger partial charge in [-0.3, -0.25) is 0 Å². The minimum atomic E-state index is -0.832. The number of nitrogens with zero attached hydrogens (tertiary/aromatic N) is 2. The van der Waals surface area contributed by atoms with Gasteiger partial charge < -0.3 is 18.8 Å². The second kappa shape index (κ2) is 11.0. The minimum Gasteiger partial charge on any atom is -0.373 e. The Morgan fingerprint density at radius 2 is 1.75 bits per heavy atom. The zero-order chi connectivity index (χ0) is 24.8. The summed E-state index contributed by atoms with van der Waals surface area (Å²) in [4.78, 5) is 4.22. The van der Waals surface area contributed by atoms with Crippen LogP contribution in [0.5, 0.6) is 0 Å². The number of imidazole rings is 1. The normalized spacial score (nSPS) is 21.6. The van der Waals surface area contributed by atoms with Crippen LogP contribution >= 0.6 is 11.6 Å². The minimum absolute atomic E-state index is 0.386. The first kappa shape index (κ1) is 24.7. The van der Waals surface area contributed by atoms with Gasteiger partial charge in [0.15, 0.2) is 5.79 Å². The highest BCUT2D eigenvalue weighted by atomic mass is 35.5. The molecular weight excluding hydrogens is 472 g/mol. The lowest BCUT2D eigenvalue weighted by Crippen LogP contribution is -2.41. The quantitative estimate of drug-likeness (QED) is 0.254. The number of hydrogen-bond donors (Lipinski definition) is 0. The van der Waals surface area contributed by atoms with Crippen LogP contribution in [-0.4, -0.2) is 28.6 Å². The Bertz CT molecular complexity index is 1230. The van der Waals surface area contributed by atoms with Gasteiger partial charge in [-0.15, -0.1) is 0 Å². The maximum Gasteiger partial charge on any atom is 0.188 e. The third kappa shape index (κ3) is 5.88. The average molecular weight is 503 g/mol. The van der Waals surface area contributed by atoms with Gasteiger partial charge in [-0.1, -0.05) is 83.9 Å². The standard InChI is InChI=1S/C30H31ClN2O3/c1-24-7-11-27(12-8-24)29(21-34-19-26-5-3-2-4-6-26)22-35-30(36-29,20-33-18-17-32-23-33)16-15-25-9-13-28(31)14-10-25/h2-14,17-18,23H,15-16,19-22H2,1H3. The molecule has 1 saturated heterocycles. The van der Waals surface area contributed by atoms with Crippen LogP contribution in [0.15, 0.2) is 97.6 Å². The number of hydrogen-bond acceptors (Lipinski definition) is 4. The Kier molecular flexibility index (Phi) is 7.54. The van der Waals surface area contributed by atoms with Gasteiger partial charge in [0.2, 0.25) is 0 Å². The van der Waals surface area contributed by atoms with Crippen LogP contribution in [0.3, 0.4) is 0 Å². The molecule has 1 fully saturated rings. The fraction of sp³-hybridized carbons (Fsp3) is 0.300. The van der Waals surface area contributed by atoms with Crippen molar-refractivity contribution in [2.24, 2.45) is 0 Å². The van der Waals surface area contributed by atoms with E-state index in [9.17, 15) is 0 Å². The Labute approximate surface area is 217 Å². The van der Waals surface area contributed by atoms with E-state index in [4.69, 9.17) is 25.8 Å². The molecule has 0 N–H and O–H groups in total. The van der Waals surface area contributed by atoms with Gasteiger partial charge in [-0.25, -0.2) is 4.98 Å². The van der Waals surface area contributed by atoms with Crippen LogP contribution in [0.2, 0.25) is 5.02 Å². The van der Waals surface area contributed by atoms with Crippen molar-refractivity contribution in [3.05, 3.63) is 125 Å². The third-order valence-corrected chi connectivity index (χ3v) is 6.92. The summed E-state index contributed by atoms with van der Waals surface area (Å²) in [5.74, 6) is -0.832. The molecule has 5 nitrogen and oxygen atoms in total. The fourth-order valence-electron chi connectivity index (χ4n) is 4.65. The number of aryl methyl sites for hydroxylation is 2. The van der Waals surface area contributed by atoms with E-state index >= 15 is 0 Å². The number of rotatable bonds is 10. The van der Waals surface area contributed by atoms with E-state index in [-0.39, 0.29) is 0 Å². The molecule has 6 heteroatoms. The van der Waals surface area contributed by atoms with E-state index in [2.05, 4.69) is 60.4 Å². The summed E-state index contributed by atoms with van der Waals surface area (Å²) >= 11 is 6.10. The molecule has 0 saturated carbocycles. The molecule has 2 atom stereocenters. The number of aromatic nitrogens is 2. The van der Waals surface area contributed by atoms with E-state index < -0.39 is 11.4 Å². The van der Waals surface area contributed by atoms with Crippen molar-refractivity contribution in [1.29, 1.82) is 0 Å². The Hall–Kier alpha value is -2.96. The van der Waals surface area contributed by atoms with Crippen LogP contribution in [0, 0.1) is 6.92 Å². The summed E-state index contributed by atoms with van der Waals surface area (Å²) in [7, 11) is 0. The van der Waals surface area contributed by atoms with Crippen molar-refractivity contribution in [3.63, 3.8) is 0 Å². The van der Waals surface area contributed by atoms with Gasteiger partial charge in [0.1, 0.15) is 5.60 Å². The van der Waals surface area contributed by atoms with Crippen molar-refractivity contribution >= 4 is 11.6 Å². The molecule has 0 bridgehead atoms. The first-order valence-corrected chi connectivity index (χ1v) is 12.7. The van der Waals surface area contributed by atoms with Crippen molar-refractivity contribution in [2.75, 3.05) is 13.2 Å². The lowest BCUT2D eigenvalue weighted by molar-refractivity contribution is -0.212. The smallest absolute Gasteiger partial charge is 0.188 e. The molecule has 4 aromatic rings. The lowest BCUT2D eigenvalue weighted by Gasteiger charge is -2.33. The molecule has 2 heterocycles. The van der Waals surface area contributed by atoms with Gasteiger partial charge in [-0.05, 0) is 42.2 Å². The van der Waals surface area contributed by atoms with Crippen LogP contribution in [0.1, 0.15) is 28.7 Å². The van der Waals surface area contributed by atoms with Crippen LogP contribution in [-0.2, 0) is 39.4 Å². The molecule has 3 aromatic carbocycles. The van der Waals surface area contributed by atoms with E-state index in [0.29, 0.717) is 32.8 Å². The highest BCUT2D eigenvalue weighted by molar-refractivity contribution is 6.30. The molecule has 0 radical (unpaired) electrons. The van der Waals surface area contributed by atoms with Crippen molar-refractivity contribution in [1.82, 2.24) is 9.55 Å². The second-order valence-electron chi connectivity index (χ2n) is 9.50. The Morgan fingerprint density at radius 3 is 2.47 bits per heavy atom. The number of ether oxygens (including phenoxy) is 3. The molecule has 0 aliphatic carbocycles. The predicted molar refractivity (Wildman–Crippen MR) is 141 cm³/mol. The molecule has 0 spiro atoms. The molecule has 186 valence electrons. The molecule has 5 rings (SSSR count). The molecular formula is C30H31ClN2O3. The lowest BCUT2D eigenvalue weighted by atomic mass is 9.94. The summed E-state index contributed by atoms with van der Waals surface area (Å²) < 4.78 is 21.9. The Morgan fingerprint density at radius 1 is 0.972 bits per heavy atom. The van der Waals surface area contributed by atoms with Gasteiger partial charge in [0.05, 0.1) is 32.7 Å². The molecule has 0 amide bonds. The maximum atomic E-state index is 7.00. The van der Waals surface area contributed by atoms with E-state index in [1.54, 1.807) is 12.5 Å². The van der Waals surface area contributed by atoms with E-state index in [1.807, 2.05) is 41.1 Å². The van der Waals surface area contributed by atoms with Crippen molar-refractivity contribution < 1.29 is 14.2 Å². The topological polar surface area (TPSA) is 45.5 Å². The summed E-state index contributed by atoms with van der Waals surface area (Å²) in [6.07, 6.45) is 6.99. The van der Waals surface area contributed by atoms with Gasteiger partial charge >= 0.3 is 0 Å². The van der Waals surface area contributed by atoms with Crippen molar-refractivity contribution in [3.8, 4) is 0 Å². The molecule has 36 heavy (non-hydrogen) atoms. The molecule has 1 aliphatic rings. The molecule has 1 aromatic heterocycles. The predicted octanol–water partition coefficient (Wildman–Crippen LogP) is 6.33. The number of halogens is 1. The first-order valence-electron chi connectivity index (χ1n) is 12.3. The zero-order valence-electron chi connectivity index (χ0n) is 20.5. The monoisotopic (exact) mass is 502 g/mol. The average Bonchev–Trinajstić information content (AvgIpc) is 3.54. The maximum absolute atomic E-state index is 7.00. The largest absolute Gasteiger partial charge is 0.373 e. The summed E-state index contributed by atoms with van der Waals surface area (Å²) in [5.41, 5.74) is 3.85. The van der Waals surface area contributed by atoms with Gasteiger partial charge in [0.25, 0.3) is 0 Å². The van der Waals surface area contributed by atoms with Crippen LogP contribution in [0.25, 0.3) is 0 Å². The van der Waals surface area contributed by atoms with E-state index in [1.165, 1.54) is 11.1 Å². The molecule has 2 unspecified atom stereocenters. The second-order valence-corrected chi connectivity index (χ2v) is 9.94. The highest BCUT2D eigenvalue weighted by Crippen LogP contribution is 2.43. The van der Waals surface area contributed by atoms with Gasteiger partial charge in [-0.2, -0.15) is 0 Å². The van der Waals surface area contributed by atoms with Crippen LogP contribution < -0.4 is 0 Å². The number of benzene rings is 3. The van der Waals surface area contributed by atoms with E-state index in [0.717, 1.165) is 22.6 Å². The third-order valence-electron chi connectivity index (χ3n) is 6.66. The zero-order valence-corrected chi connectivity index (χ0v) is 21.2. The summed E-state index contributed by atoms with van der Waals surface area (Å²) in [6.45, 7) is 3.92. The molecule has 1 aliphatic heterocycles. The van der Waals surface area contributed by atoms with Gasteiger partial charge in [0, 0.05) is 23.8 Å².